The Kier molecular flexibility index (Phi) is 6.05. The Morgan fingerprint density at radius 3 is 2.72 bits per heavy atom. The Labute approximate surface area is 113 Å². The number of hydrogen-bond acceptors (Lipinski definition) is 4. The number of nitrogens with two attached hydrogens (primary N) is 1. The van der Waals surface area contributed by atoms with Crippen LogP contribution in [0.1, 0.15) is 32.3 Å². The summed E-state index contributed by atoms with van der Waals surface area (Å²) in [4.78, 5) is 12.8. The minimum absolute atomic E-state index is 0.149. The Bertz CT molecular complexity index is 407. The van der Waals surface area contributed by atoms with Gasteiger partial charge in [0.05, 0.1) is 6.61 Å². The average Bonchev–Trinajstić information content (AvgIpc) is 2.32. The van der Waals surface area contributed by atoms with Gasteiger partial charge in [0.25, 0.3) is 0 Å². The number of thioether (sulfide) groups is 1. The first kappa shape index (κ1) is 14.9. The molecule has 0 aliphatic rings. The lowest BCUT2D eigenvalue weighted by molar-refractivity contribution is -0.142. The predicted octanol–water partition coefficient (Wildman–Crippen LogP) is 3.40. The van der Waals surface area contributed by atoms with Gasteiger partial charge in [-0.3, -0.25) is 4.79 Å². The van der Waals surface area contributed by atoms with E-state index in [2.05, 4.69) is 6.92 Å². The van der Waals surface area contributed by atoms with E-state index in [1.165, 1.54) is 11.8 Å². The fourth-order valence-electron chi connectivity index (χ4n) is 1.65. The van der Waals surface area contributed by atoms with Crippen LogP contribution in [0.25, 0.3) is 0 Å². The second-order valence-corrected chi connectivity index (χ2v) is 5.43. The molecule has 0 heterocycles. The van der Waals surface area contributed by atoms with Crippen LogP contribution in [-0.4, -0.2) is 17.8 Å². The fraction of sp³-hybridized carbons (Fsp3) is 0.500. The molecular weight excluding hydrogens is 246 g/mol. The van der Waals surface area contributed by atoms with Crippen molar-refractivity contribution in [1.82, 2.24) is 0 Å². The summed E-state index contributed by atoms with van der Waals surface area (Å²) in [6.07, 6.45) is 1.75. The molecule has 0 amide bonds. The molecule has 1 aromatic rings. The molecule has 0 fully saturated rings. The second-order valence-electron chi connectivity index (χ2n) is 4.19. The molecule has 1 rings (SSSR count). The molecular formula is C14H21NO2S. The van der Waals surface area contributed by atoms with Crippen molar-refractivity contribution in [2.45, 2.75) is 43.8 Å². The monoisotopic (exact) mass is 267 g/mol. The molecule has 0 aliphatic heterocycles. The molecule has 0 saturated carbocycles. The van der Waals surface area contributed by atoms with Gasteiger partial charge in [0.2, 0.25) is 0 Å². The number of anilines is 1. The van der Waals surface area contributed by atoms with Crippen LogP contribution in [0, 0.1) is 6.92 Å². The third kappa shape index (κ3) is 4.26. The van der Waals surface area contributed by atoms with Crippen molar-refractivity contribution in [3.8, 4) is 0 Å². The number of aryl methyl sites for hydroxylation is 1. The molecule has 1 aromatic carbocycles. The minimum atomic E-state index is -0.167. The number of ether oxygens (including phenoxy) is 1. The van der Waals surface area contributed by atoms with Gasteiger partial charge in [0.15, 0.2) is 0 Å². The summed E-state index contributed by atoms with van der Waals surface area (Å²) in [5.74, 6) is -0.149. The predicted molar refractivity (Wildman–Crippen MR) is 76.8 cm³/mol. The molecule has 18 heavy (non-hydrogen) atoms. The van der Waals surface area contributed by atoms with Gasteiger partial charge in [-0.1, -0.05) is 19.4 Å². The first-order valence-corrected chi connectivity index (χ1v) is 7.15. The van der Waals surface area contributed by atoms with Crippen molar-refractivity contribution in [2.24, 2.45) is 0 Å². The van der Waals surface area contributed by atoms with Crippen molar-refractivity contribution in [1.29, 1.82) is 0 Å². The topological polar surface area (TPSA) is 52.3 Å². The zero-order valence-corrected chi connectivity index (χ0v) is 12.0. The van der Waals surface area contributed by atoms with Crippen LogP contribution in [0.15, 0.2) is 23.1 Å². The van der Waals surface area contributed by atoms with Gasteiger partial charge in [-0.15, -0.1) is 11.8 Å². The number of carbonyl (C=O) groups excluding carboxylic acids is 1. The third-order valence-corrected chi connectivity index (χ3v) is 3.87. The Hall–Kier alpha value is -1.16. The molecule has 100 valence electrons. The van der Waals surface area contributed by atoms with Gasteiger partial charge in [0, 0.05) is 10.6 Å². The summed E-state index contributed by atoms with van der Waals surface area (Å²) < 4.78 is 5.09. The van der Waals surface area contributed by atoms with Crippen molar-refractivity contribution in [2.75, 3.05) is 12.3 Å². The number of carbonyl (C=O) groups is 1. The largest absolute Gasteiger partial charge is 0.465 e. The maximum Gasteiger partial charge on any atom is 0.319 e. The smallest absolute Gasteiger partial charge is 0.319 e. The Balaban J connectivity index is 2.79. The summed E-state index contributed by atoms with van der Waals surface area (Å²) in [6.45, 7) is 6.31. The lowest BCUT2D eigenvalue weighted by atomic mass is 10.2. The van der Waals surface area contributed by atoms with E-state index in [9.17, 15) is 4.79 Å². The van der Waals surface area contributed by atoms with Crippen LogP contribution in [0.3, 0.4) is 0 Å². The highest BCUT2D eigenvalue weighted by molar-refractivity contribution is 8.00. The zero-order chi connectivity index (χ0) is 13.5. The van der Waals surface area contributed by atoms with Gasteiger partial charge in [-0.25, -0.2) is 0 Å². The van der Waals surface area contributed by atoms with Gasteiger partial charge < -0.3 is 10.5 Å². The number of esters is 1. The second kappa shape index (κ2) is 7.31. The fourth-order valence-corrected chi connectivity index (χ4v) is 2.82. The first-order valence-electron chi connectivity index (χ1n) is 6.27. The summed E-state index contributed by atoms with van der Waals surface area (Å²) in [7, 11) is 0. The average molecular weight is 267 g/mol. The highest BCUT2D eigenvalue weighted by Crippen LogP contribution is 2.32. The molecule has 4 heteroatoms. The molecule has 0 radical (unpaired) electrons. The molecule has 3 nitrogen and oxygen atoms in total. The third-order valence-electron chi connectivity index (χ3n) is 2.53. The van der Waals surface area contributed by atoms with Crippen molar-refractivity contribution in [3.05, 3.63) is 23.8 Å². The van der Waals surface area contributed by atoms with E-state index in [0.717, 1.165) is 29.0 Å². The van der Waals surface area contributed by atoms with Gasteiger partial charge in [-0.2, -0.15) is 0 Å². The van der Waals surface area contributed by atoms with Crippen molar-refractivity contribution < 1.29 is 9.53 Å². The molecule has 1 unspecified atom stereocenters. The highest BCUT2D eigenvalue weighted by atomic mass is 32.2. The van der Waals surface area contributed by atoms with Crippen molar-refractivity contribution in [3.63, 3.8) is 0 Å². The number of benzene rings is 1. The molecule has 1 atom stereocenters. The maximum atomic E-state index is 11.8. The van der Waals surface area contributed by atoms with Gasteiger partial charge >= 0.3 is 5.97 Å². The molecule has 0 saturated heterocycles. The van der Waals surface area contributed by atoms with Crippen LogP contribution >= 0.6 is 11.8 Å². The summed E-state index contributed by atoms with van der Waals surface area (Å²) in [5, 5.41) is -0.167. The quantitative estimate of drug-likeness (QED) is 0.487. The molecule has 2 N–H and O–H groups in total. The Morgan fingerprint density at radius 1 is 1.44 bits per heavy atom. The van der Waals surface area contributed by atoms with E-state index in [4.69, 9.17) is 10.5 Å². The molecule has 0 bridgehead atoms. The van der Waals surface area contributed by atoms with Gasteiger partial charge in [0.1, 0.15) is 5.25 Å². The van der Waals surface area contributed by atoms with E-state index in [-0.39, 0.29) is 11.2 Å². The first-order chi connectivity index (χ1) is 8.58. The zero-order valence-electron chi connectivity index (χ0n) is 11.2. The van der Waals surface area contributed by atoms with E-state index in [0.29, 0.717) is 6.61 Å². The van der Waals surface area contributed by atoms with Crippen LogP contribution in [0.4, 0.5) is 5.69 Å². The van der Waals surface area contributed by atoms with Crippen LogP contribution in [-0.2, 0) is 9.53 Å². The summed E-state index contributed by atoms with van der Waals surface area (Å²) in [5.41, 5.74) is 7.82. The van der Waals surface area contributed by atoms with E-state index in [1.807, 2.05) is 32.0 Å². The molecule has 0 aliphatic carbocycles. The van der Waals surface area contributed by atoms with Crippen molar-refractivity contribution >= 4 is 23.4 Å². The summed E-state index contributed by atoms with van der Waals surface area (Å²) >= 11 is 1.50. The normalized spacial score (nSPS) is 12.2. The lowest BCUT2D eigenvalue weighted by Crippen LogP contribution is -2.20. The van der Waals surface area contributed by atoms with E-state index < -0.39 is 0 Å². The lowest BCUT2D eigenvalue weighted by Gasteiger charge is -2.15. The minimum Gasteiger partial charge on any atom is -0.465 e. The number of hydrogen-bond donors (Lipinski definition) is 1. The highest BCUT2D eigenvalue weighted by Gasteiger charge is 2.21. The number of nitrogen functional groups attached to an aromatic ring is 1. The van der Waals surface area contributed by atoms with Crippen LogP contribution in [0.5, 0.6) is 0 Å². The van der Waals surface area contributed by atoms with Gasteiger partial charge in [-0.05, 0) is 38.0 Å². The molecule has 0 aromatic heterocycles. The van der Waals surface area contributed by atoms with Crippen LogP contribution < -0.4 is 5.73 Å². The maximum absolute atomic E-state index is 11.8. The standard InChI is InChI=1S/C14H21NO2S/c1-4-6-13(14(16)17-5-2)18-12-8-7-10(3)9-11(12)15/h7-9,13H,4-6,15H2,1-3H3. The summed E-state index contributed by atoms with van der Waals surface area (Å²) in [6, 6.07) is 5.90. The SMILES string of the molecule is CCCC(Sc1ccc(C)cc1N)C(=O)OCC. The number of rotatable bonds is 6. The Morgan fingerprint density at radius 2 is 2.17 bits per heavy atom. The van der Waals surface area contributed by atoms with E-state index in [1.54, 1.807) is 0 Å². The van der Waals surface area contributed by atoms with E-state index >= 15 is 0 Å². The molecule has 0 spiro atoms. The van der Waals surface area contributed by atoms with Crippen LogP contribution in [0.2, 0.25) is 0 Å².